The lowest BCUT2D eigenvalue weighted by Crippen LogP contribution is -2.41. The molecule has 1 aliphatic heterocycles. The van der Waals surface area contributed by atoms with Crippen LogP contribution in [0, 0.1) is 5.82 Å². The molecule has 0 bridgehead atoms. The van der Waals surface area contributed by atoms with Gasteiger partial charge in [0, 0.05) is 68.9 Å². The fourth-order valence-corrected chi connectivity index (χ4v) is 4.07. The maximum Gasteiger partial charge on any atom is 0.244 e. The number of hydrogen-bond acceptors (Lipinski definition) is 6. The van der Waals surface area contributed by atoms with Gasteiger partial charge in [0.1, 0.15) is 18.1 Å². The second-order valence-electron chi connectivity index (χ2n) is 8.09. The summed E-state index contributed by atoms with van der Waals surface area (Å²) >= 11 is 0. The van der Waals surface area contributed by atoms with Gasteiger partial charge in [0.2, 0.25) is 11.9 Å². The number of piperidine rings is 1. The minimum Gasteiger partial charge on any atom is -0.496 e. The van der Waals surface area contributed by atoms with Gasteiger partial charge in [-0.3, -0.25) is 9.48 Å². The van der Waals surface area contributed by atoms with Crippen molar-refractivity contribution >= 4 is 11.9 Å². The number of anilines is 1. The van der Waals surface area contributed by atoms with Crippen LogP contribution >= 0.6 is 0 Å². The van der Waals surface area contributed by atoms with Gasteiger partial charge in [0.05, 0.1) is 12.8 Å². The number of nitrogens with zero attached hydrogens (tertiary/aromatic N) is 6. The minimum atomic E-state index is -0.369. The third-order valence-electron chi connectivity index (χ3n) is 5.68. The first-order valence-electron chi connectivity index (χ1n) is 10.6. The Morgan fingerprint density at radius 2 is 2.16 bits per heavy atom. The number of aromatic nitrogens is 4. The van der Waals surface area contributed by atoms with Gasteiger partial charge >= 0.3 is 0 Å². The van der Waals surface area contributed by atoms with Crippen molar-refractivity contribution in [2.45, 2.75) is 25.3 Å². The zero-order valence-corrected chi connectivity index (χ0v) is 18.5. The van der Waals surface area contributed by atoms with E-state index in [1.54, 1.807) is 35.4 Å². The van der Waals surface area contributed by atoms with Crippen molar-refractivity contribution in [3.63, 3.8) is 0 Å². The zero-order valence-electron chi connectivity index (χ0n) is 18.5. The Bertz CT molecular complexity index is 1090. The van der Waals surface area contributed by atoms with Crippen molar-refractivity contribution in [2.75, 3.05) is 39.2 Å². The van der Waals surface area contributed by atoms with E-state index in [9.17, 15) is 9.18 Å². The molecule has 1 fully saturated rings. The predicted octanol–water partition coefficient (Wildman–Crippen LogP) is 2.96. The molecule has 1 aliphatic rings. The van der Waals surface area contributed by atoms with Gasteiger partial charge in [0.15, 0.2) is 0 Å². The quantitative estimate of drug-likeness (QED) is 0.589. The summed E-state index contributed by atoms with van der Waals surface area (Å²) in [6, 6.07) is 6.26. The first-order chi connectivity index (χ1) is 15.5. The van der Waals surface area contributed by atoms with Crippen LogP contribution in [0.2, 0.25) is 0 Å². The molecule has 1 saturated heterocycles. The molecule has 32 heavy (non-hydrogen) atoms. The maximum atomic E-state index is 13.8. The normalized spacial score (nSPS) is 16.1. The molecule has 9 heteroatoms. The molecule has 3 heterocycles. The highest BCUT2D eigenvalue weighted by Crippen LogP contribution is 2.38. The predicted molar refractivity (Wildman–Crippen MR) is 119 cm³/mol. The Balaban J connectivity index is 1.68. The molecule has 1 amide bonds. The standard InChI is InChI=1S/C23H27FN6O2/c1-28(2)23-25-13-19(18-8-7-17(24)12-20(18)32-3)22(27-23)16-6-4-10-29(14-16)21(31)15-30-11-5-9-26-30/h5,7-9,11-13,16H,4,6,10,14-15H2,1-3H3/t16-/m0/s1. The number of ether oxygens (including phenoxy) is 1. The molecule has 0 saturated carbocycles. The SMILES string of the molecule is COc1cc(F)ccc1-c1cnc(N(C)C)nc1[C@H]1CCCN(C(=O)Cn2cccn2)C1. The molecule has 4 rings (SSSR count). The van der Waals surface area contributed by atoms with Crippen LogP contribution in [0.4, 0.5) is 10.3 Å². The van der Waals surface area contributed by atoms with E-state index in [0.29, 0.717) is 24.8 Å². The average Bonchev–Trinajstić information content (AvgIpc) is 3.31. The van der Waals surface area contributed by atoms with Crippen LogP contribution in [-0.4, -0.2) is 64.9 Å². The van der Waals surface area contributed by atoms with Gasteiger partial charge < -0.3 is 14.5 Å². The summed E-state index contributed by atoms with van der Waals surface area (Å²) in [5.74, 6) is 0.698. The summed E-state index contributed by atoms with van der Waals surface area (Å²) in [6.45, 7) is 1.48. The summed E-state index contributed by atoms with van der Waals surface area (Å²) in [6.07, 6.45) is 6.98. The molecule has 8 nitrogen and oxygen atoms in total. The van der Waals surface area contributed by atoms with Crippen LogP contribution in [0.1, 0.15) is 24.5 Å². The van der Waals surface area contributed by atoms with Gasteiger partial charge in [0.25, 0.3) is 0 Å². The summed E-state index contributed by atoms with van der Waals surface area (Å²) in [5, 5.41) is 4.14. The third kappa shape index (κ3) is 4.56. The third-order valence-corrected chi connectivity index (χ3v) is 5.68. The molecule has 0 spiro atoms. The van der Waals surface area contributed by atoms with Crippen molar-refractivity contribution in [3.05, 3.63) is 54.4 Å². The molecule has 3 aromatic rings. The highest BCUT2D eigenvalue weighted by Gasteiger charge is 2.29. The topological polar surface area (TPSA) is 76.4 Å². The van der Waals surface area contributed by atoms with Gasteiger partial charge in [-0.25, -0.2) is 14.4 Å². The van der Waals surface area contributed by atoms with Crippen molar-refractivity contribution < 1.29 is 13.9 Å². The summed E-state index contributed by atoms with van der Waals surface area (Å²) in [5.41, 5.74) is 2.36. The van der Waals surface area contributed by atoms with E-state index in [0.717, 1.165) is 29.7 Å². The Kier molecular flexibility index (Phi) is 6.34. The smallest absolute Gasteiger partial charge is 0.244 e. The molecule has 0 unspecified atom stereocenters. The molecular weight excluding hydrogens is 411 g/mol. The molecule has 0 aliphatic carbocycles. The average molecular weight is 439 g/mol. The summed E-state index contributed by atoms with van der Waals surface area (Å²) in [7, 11) is 5.29. The molecule has 0 radical (unpaired) electrons. The van der Waals surface area contributed by atoms with Crippen LogP contribution in [0.25, 0.3) is 11.1 Å². The largest absolute Gasteiger partial charge is 0.496 e. The zero-order chi connectivity index (χ0) is 22.7. The van der Waals surface area contributed by atoms with Crippen molar-refractivity contribution in [1.29, 1.82) is 0 Å². The molecular formula is C23H27FN6O2. The maximum absolute atomic E-state index is 13.8. The lowest BCUT2D eigenvalue weighted by Gasteiger charge is -2.33. The molecule has 1 aromatic carbocycles. The summed E-state index contributed by atoms with van der Waals surface area (Å²) in [4.78, 5) is 25.9. The number of halogens is 1. The minimum absolute atomic E-state index is 0.0248. The number of carbonyl (C=O) groups excluding carboxylic acids is 1. The van der Waals surface area contributed by atoms with E-state index >= 15 is 0 Å². The number of hydrogen-bond donors (Lipinski definition) is 0. The summed E-state index contributed by atoms with van der Waals surface area (Å²) < 4.78 is 20.9. The second-order valence-corrected chi connectivity index (χ2v) is 8.09. The fraction of sp³-hybridized carbons (Fsp3) is 0.391. The van der Waals surface area contributed by atoms with E-state index in [1.807, 2.05) is 23.9 Å². The van der Waals surface area contributed by atoms with E-state index in [1.165, 1.54) is 19.2 Å². The number of methoxy groups -OCH3 is 1. The highest BCUT2D eigenvalue weighted by atomic mass is 19.1. The van der Waals surface area contributed by atoms with Crippen molar-refractivity contribution in [1.82, 2.24) is 24.6 Å². The van der Waals surface area contributed by atoms with E-state index in [-0.39, 0.29) is 24.2 Å². The van der Waals surface area contributed by atoms with Crippen LogP contribution in [0.3, 0.4) is 0 Å². The second kappa shape index (κ2) is 9.33. The van der Waals surface area contributed by atoms with Crippen LogP contribution in [0.15, 0.2) is 42.9 Å². The van der Waals surface area contributed by atoms with E-state index in [4.69, 9.17) is 9.72 Å². The highest BCUT2D eigenvalue weighted by molar-refractivity contribution is 5.76. The van der Waals surface area contributed by atoms with Crippen LogP contribution in [0.5, 0.6) is 5.75 Å². The van der Waals surface area contributed by atoms with Gasteiger partial charge in [-0.15, -0.1) is 0 Å². The molecule has 168 valence electrons. The molecule has 1 atom stereocenters. The van der Waals surface area contributed by atoms with Crippen molar-refractivity contribution in [3.8, 4) is 16.9 Å². The van der Waals surface area contributed by atoms with Crippen LogP contribution < -0.4 is 9.64 Å². The fourth-order valence-electron chi connectivity index (χ4n) is 4.07. The lowest BCUT2D eigenvalue weighted by molar-refractivity contribution is -0.133. The Morgan fingerprint density at radius 1 is 1.31 bits per heavy atom. The van der Waals surface area contributed by atoms with Gasteiger partial charge in [-0.1, -0.05) is 0 Å². The molecule has 2 aromatic heterocycles. The first kappa shape index (κ1) is 21.7. The number of carbonyl (C=O) groups is 1. The monoisotopic (exact) mass is 438 g/mol. The first-order valence-corrected chi connectivity index (χ1v) is 10.6. The number of amides is 1. The van der Waals surface area contributed by atoms with E-state index < -0.39 is 0 Å². The lowest BCUT2D eigenvalue weighted by atomic mass is 9.89. The van der Waals surface area contributed by atoms with Gasteiger partial charge in [-0.05, 0) is 31.0 Å². The number of likely N-dealkylation sites (tertiary alicyclic amines) is 1. The van der Waals surface area contributed by atoms with Crippen LogP contribution in [-0.2, 0) is 11.3 Å². The Morgan fingerprint density at radius 3 is 2.88 bits per heavy atom. The molecule has 0 N–H and O–H groups in total. The number of benzene rings is 1. The van der Waals surface area contributed by atoms with Crippen molar-refractivity contribution in [2.24, 2.45) is 0 Å². The Labute approximate surface area is 186 Å². The van der Waals surface area contributed by atoms with Gasteiger partial charge in [-0.2, -0.15) is 5.10 Å². The van der Waals surface area contributed by atoms with E-state index in [2.05, 4.69) is 10.1 Å². The number of rotatable bonds is 6. The Hall–Kier alpha value is -3.49.